The molecule has 2 aromatic carbocycles. The smallest absolute Gasteiger partial charge is 0.217 e. The number of hydrogen-bond donors (Lipinski definition) is 3. The summed E-state index contributed by atoms with van der Waals surface area (Å²) in [6, 6.07) is 19.8. The molecule has 2 aliphatic rings. The minimum atomic E-state index is -1.08. The summed E-state index contributed by atoms with van der Waals surface area (Å²) in [6.45, 7) is 3.13. The number of rotatable bonds is 3. The van der Waals surface area contributed by atoms with Crippen LogP contribution < -0.4 is 16.4 Å². The van der Waals surface area contributed by atoms with Crippen molar-refractivity contribution >= 4 is 17.5 Å². The average Bonchev–Trinajstić information content (AvgIpc) is 2.61. The van der Waals surface area contributed by atoms with Gasteiger partial charge in [0.15, 0.2) is 0 Å². The zero-order valence-electron chi connectivity index (χ0n) is 14.1. The van der Waals surface area contributed by atoms with E-state index in [1.807, 2.05) is 60.7 Å². The zero-order chi connectivity index (χ0) is 17.3. The molecule has 6 heteroatoms. The molecule has 2 heterocycles. The normalized spacial score (nSPS) is 24.4. The molecular formula is C19H21N5O. The summed E-state index contributed by atoms with van der Waals surface area (Å²) in [5, 5.41) is 6.56. The highest BCUT2D eigenvalue weighted by atomic mass is 16.5. The maximum absolute atomic E-state index is 6.64. The predicted molar refractivity (Wildman–Crippen MR) is 99.5 cm³/mol. The molecule has 1 atom stereocenters. The quantitative estimate of drug-likeness (QED) is 0.802. The van der Waals surface area contributed by atoms with Crippen LogP contribution in [0.2, 0.25) is 0 Å². The second kappa shape index (κ2) is 5.98. The van der Waals surface area contributed by atoms with Gasteiger partial charge in [-0.25, -0.2) is 9.98 Å². The monoisotopic (exact) mass is 335 g/mol. The van der Waals surface area contributed by atoms with Crippen LogP contribution in [0.25, 0.3) is 0 Å². The van der Waals surface area contributed by atoms with Crippen molar-refractivity contribution in [1.29, 1.82) is 0 Å². The molecule has 0 bridgehead atoms. The molecule has 2 aliphatic heterocycles. The molecule has 1 saturated heterocycles. The maximum Gasteiger partial charge on any atom is 0.217 e. The van der Waals surface area contributed by atoms with E-state index in [-0.39, 0.29) is 5.41 Å². The largest absolute Gasteiger partial charge is 0.380 e. The lowest BCUT2D eigenvalue weighted by atomic mass is 9.81. The Balaban J connectivity index is 1.71. The van der Waals surface area contributed by atoms with Gasteiger partial charge in [0, 0.05) is 11.3 Å². The molecule has 2 aromatic rings. The van der Waals surface area contributed by atoms with Crippen LogP contribution in [0.4, 0.5) is 5.69 Å². The minimum Gasteiger partial charge on any atom is -0.380 e. The maximum atomic E-state index is 6.64. The first-order valence-corrected chi connectivity index (χ1v) is 8.29. The van der Waals surface area contributed by atoms with Gasteiger partial charge >= 0.3 is 0 Å². The fourth-order valence-electron chi connectivity index (χ4n) is 2.87. The van der Waals surface area contributed by atoms with Crippen LogP contribution in [0.3, 0.4) is 0 Å². The van der Waals surface area contributed by atoms with Crippen LogP contribution in [0, 0.1) is 5.41 Å². The summed E-state index contributed by atoms with van der Waals surface area (Å²) in [7, 11) is 0. The van der Waals surface area contributed by atoms with E-state index in [2.05, 4.69) is 22.5 Å². The summed E-state index contributed by atoms with van der Waals surface area (Å²) in [5.41, 5.74) is 8.19. The first kappa shape index (κ1) is 15.8. The minimum absolute atomic E-state index is 0.335. The van der Waals surface area contributed by atoms with Crippen molar-refractivity contribution in [3.8, 4) is 0 Å². The van der Waals surface area contributed by atoms with Gasteiger partial charge in [0.05, 0.1) is 18.6 Å². The van der Waals surface area contributed by atoms with E-state index in [9.17, 15) is 0 Å². The van der Waals surface area contributed by atoms with Crippen molar-refractivity contribution in [3.63, 3.8) is 0 Å². The number of hydrogen-bond acceptors (Lipinski definition) is 6. The average molecular weight is 335 g/mol. The van der Waals surface area contributed by atoms with Gasteiger partial charge < -0.3 is 15.4 Å². The van der Waals surface area contributed by atoms with Crippen molar-refractivity contribution in [1.82, 2.24) is 5.32 Å². The lowest BCUT2D eigenvalue weighted by Crippen LogP contribution is -2.64. The Morgan fingerprint density at radius 2 is 1.64 bits per heavy atom. The second-order valence-electron chi connectivity index (χ2n) is 6.68. The van der Waals surface area contributed by atoms with E-state index in [4.69, 9.17) is 15.5 Å². The Hall–Kier alpha value is -2.70. The molecule has 6 nitrogen and oxygen atoms in total. The highest BCUT2D eigenvalue weighted by Gasteiger charge is 2.53. The van der Waals surface area contributed by atoms with Crippen LogP contribution in [-0.4, -0.2) is 30.8 Å². The second-order valence-corrected chi connectivity index (χ2v) is 6.68. The molecule has 1 fully saturated rings. The van der Waals surface area contributed by atoms with E-state index in [0.717, 1.165) is 11.3 Å². The summed E-state index contributed by atoms with van der Waals surface area (Å²) < 4.78 is 5.39. The van der Waals surface area contributed by atoms with Crippen LogP contribution in [-0.2, 0) is 4.74 Å². The number of para-hydroxylation sites is 1. The summed E-state index contributed by atoms with van der Waals surface area (Å²) in [6.07, 6.45) is 0. The van der Waals surface area contributed by atoms with Crippen LogP contribution in [0.5, 0.6) is 0 Å². The van der Waals surface area contributed by atoms with E-state index in [1.165, 1.54) is 0 Å². The van der Waals surface area contributed by atoms with Gasteiger partial charge in [0.2, 0.25) is 11.7 Å². The molecule has 25 heavy (non-hydrogen) atoms. The van der Waals surface area contributed by atoms with Crippen molar-refractivity contribution in [2.75, 3.05) is 18.5 Å². The van der Waals surface area contributed by atoms with Crippen molar-refractivity contribution < 1.29 is 4.74 Å². The highest BCUT2D eigenvalue weighted by molar-refractivity contribution is 6.13. The molecular weight excluding hydrogens is 314 g/mol. The molecule has 0 radical (unpaired) electrons. The molecule has 4 N–H and O–H groups in total. The third-order valence-corrected chi connectivity index (χ3v) is 4.61. The molecule has 1 unspecified atom stereocenters. The van der Waals surface area contributed by atoms with E-state index < -0.39 is 5.79 Å². The van der Waals surface area contributed by atoms with E-state index >= 15 is 0 Å². The predicted octanol–water partition coefficient (Wildman–Crippen LogP) is 2.15. The van der Waals surface area contributed by atoms with Gasteiger partial charge in [-0.05, 0) is 19.1 Å². The Bertz CT molecular complexity index is 814. The molecule has 0 spiro atoms. The number of nitrogens with zero attached hydrogens (tertiary/aromatic N) is 2. The number of nitrogens with one attached hydrogen (secondary N) is 2. The number of amidine groups is 1. The van der Waals surface area contributed by atoms with Gasteiger partial charge in [-0.3, -0.25) is 5.73 Å². The van der Waals surface area contributed by atoms with Gasteiger partial charge in [-0.15, -0.1) is 0 Å². The molecule has 0 saturated carbocycles. The van der Waals surface area contributed by atoms with Gasteiger partial charge in [-0.1, -0.05) is 48.5 Å². The SMILES string of the molecule is CC1(C2(N)N=C(Nc3ccccc3)NC(c3ccccc3)=N2)COC1. The molecule has 128 valence electrons. The van der Waals surface area contributed by atoms with Gasteiger partial charge in [0.1, 0.15) is 5.84 Å². The van der Waals surface area contributed by atoms with Crippen molar-refractivity contribution in [2.24, 2.45) is 21.1 Å². The highest BCUT2D eigenvalue weighted by Crippen LogP contribution is 2.40. The van der Waals surface area contributed by atoms with E-state index in [1.54, 1.807) is 0 Å². The Labute approximate surface area is 146 Å². The Morgan fingerprint density at radius 3 is 2.24 bits per heavy atom. The van der Waals surface area contributed by atoms with Gasteiger partial charge in [-0.2, -0.15) is 0 Å². The number of guanidine groups is 1. The number of nitrogens with two attached hydrogens (primary N) is 1. The number of anilines is 1. The number of benzene rings is 2. The Morgan fingerprint density at radius 1 is 1.00 bits per heavy atom. The first-order valence-electron chi connectivity index (χ1n) is 8.29. The van der Waals surface area contributed by atoms with E-state index in [0.29, 0.717) is 25.0 Å². The standard InChI is InChI=1S/C19H21N5O/c1-18(12-25-13-18)19(20)23-16(14-8-4-2-5-9-14)22-17(24-19)21-15-10-6-3-7-11-15/h2-11H,12-13,20H2,1H3,(H2,21,22,23,24). The fraction of sp³-hybridized carbons (Fsp3) is 0.263. The molecule has 0 amide bonds. The first-order chi connectivity index (χ1) is 12.1. The van der Waals surface area contributed by atoms with Crippen molar-refractivity contribution in [2.45, 2.75) is 12.7 Å². The summed E-state index contributed by atoms with van der Waals surface area (Å²) >= 11 is 0. The summed E-state index contributed by atoms with van der Waals surface area (Å²) in [4.78, 5) is 9.43. The molecule has 4 rings (SSSR count). The van der Waals surface area contributed by atoms with Crippen LogP contribution >= 0.6 is 0 Å². The zero-order valence-corrected chi connectivity index (χ0v) is 14.1. The lowest BCUT2D eigenvalue weighted by molar-refractivity contribution is -0.140. The van der Waals surface area contributed by atoms with Crippen LogP contribution in [0.15, 0.2) is 70.6 Å². The molecule has 0 aliphatic carbocycles. The third kappa shape index (κ3) is 2.90. The van der Waals surface area contributed by atoms with Gasteiger partial charge in [0.25, 0.3) is 0 Å². The molecule has 0 aromatic heterocycles. The van der Waals surface area contributed by atoms with Crippen LogP contribution in [0.1, 0.15) is 12.5 Å². The number of ether oxygens (including phenoxy) is 1. The Kier molecular flexibility index (Phi) is 3.78. The van der Waals surface area contributed by atoms with Crippen molar-refractivity contribution in [3.05, 3.63) is 66.2 Å². The lowest BCUT2D eigenvalue weighted by Gasteiger charge is -2.48. The fourth-order valence-corrected chi connectivity index (χ4v) is 2.87. The number of aliphatic imine (C=N–C) groups is 2. The summed E-state index contributed by atoms with van der Waals surface area (Å²) in [5.74, 6) is 0.194. The third-order valence-electron chi connectivity index (χ3n) is 4.61. The topological polar surface area (TPSA) is 84.0 Å².